The van der Waals surface area contributed by atoms with Crippen LogP contribution in [0, 0.1) is 5.92 Å². The molecule has 24 heavy (non-hydrogen) atoms. The van der Waals surface area contributed by atoms with Crippen molar-refractivity contribution in [1.29, 1.82) is 0 Å². The van der Waals surface area contributed by atoms with Crippen molar-refractivity contribution in [2.45, 2.75) is 38.2 Å². The van der Waals surface area contributed by atoms with E-state index in [-0.39, 0.29) is 6.10 Å². The Morgan fingerprint density at radius 1 is 1.17 bits per heavy atom. The summed E-state index contributed by atoms with van der Waals surface area (Å²) >= 11 is 0. The molecule has 0 aliphatic carbocycles. The van der Waals surface area contributed by atoms with Crippen LogP contribution in [0.5, 0.6) is 0 Å². The molecule has 0 unspecified atom stereocenters. The van der Waals surface area contributed by atoms with Crippen LogP contribution in [-0.2, 0) is 19.9 Å². The number of rotatable bonds is 7. The summed E-state index contributed by atoms with van der Waals surface area (Å²) in [4.78, 5) is 6.90. The maximum Gasteiger partial charge on any atom is 0.109 e. The molecule has 1 aromatic heterocycles. The summed E-state index contributed by atoms with van der Waals surface area (Å²) < 4.78 is 2.10. The molecule has 0 amide bonds. The number of hydrogen-bond acceptors (Lipinski definition) is 3. The lowest BCUT2D eigenvalue weighted by Crippen LogP contribution is -2.39. The predicted octanol–water partition coefficient (Wildman–Crippen LogP) is 2.67. The molecule has 2 heterocycles. The number of piperidine rings is 1. The summed E-state index contributed by atoms with van der Waals surface area (Å²) in [5.74, 6) is 1.61. The van der Waals surface area contributed by atoms with Gasteiger partial charge >= 0.3 is 0 Å². The van der Waals surface area contributed by atoms with Gasteiger partial charge in [-0.1, -0.05) is 30.3 Å². The molecule has 0 radical (unpaired) electrons. The summed E-state index contributed by atoms with van der Waals surface area (Å²) in [5.41, 5.74) is 1.32. The molecule has 2 aromatic rings. The number of aliphatic hydroxyl groups excluding tert-OH is 1. The van der Waals surface area contributed by atoms with Crippen LogP contribution in [0.2, 0.25) is 0 Å². The predicted molar refractivity (Wildman–Crippen MR) is 96.8 cm³/mol. The first kappa shape index (κ1) is 17.2. The number of aryl methyl sites for hydroxylation is 2. The van der Waals surface area contributed by atoms with Gasteiger partial charge in [-0.3, -0.25) is 0 Å². The van der Waals surface area contributed by atoms with Crippen molar-refractivity contribution in [3.63, 3.8) is 0 Å². The van der Waals surface area contributed by atoms with Crippen LogP contribution in [0.25, 0.3) is 0 Å². The number of imidazole rings is 1. The Hall–Kier alpha value is -1.65. The highest BCUT2D eigenvalue weighted by atomic mass is 16.3. The second-order valence-electron chi connectivity index (χ2n) is 6.98. The maximum atomic E-state index is 10.5. The third-order valence-electron chi connectivity index (χ3n) is 5.32. The minimum absolute atomic E-state index is 0.165. The monoisotopic (exact) mass is 327 g/mol. The van der Waals surface area contributed by atoms with E-state index in [0.717, 1.165) is 57.6 Å². The zero-order valence-electron chi connectivity index (χ0n) is 14.6. The van der Waals surface area contributed by atoms with E-state index in [1.165, 1.54) is 5.56 Å². The number of hydrogen-bond donors (Lipinski definition) is 1. The Balaban J connectivity index is 1.37. The first-order valence-corrected chi connectivity index (χ1v) is 9.13. The highest BCUT2D eigenvalue weighted by molar-refractivity contribution is 5.14. The third-order valence-corrected chi connectivity index (χ3v) is 5.32. The molecule has 4 heteroatoms. The fourth-order valence-corrected chi connectivity index (χ4v) is 3.65. The lowest BCUT2D eigenvalue weighted by Gasteiger charge is -2.34. The Morgan fingerprint density at radius 2 is 1.92 bits per heavy atom. The van der Waals surface area contributed by atoms with Gasteiger partial charge < -0.3 is 14.6 Å². The van der Waals surface area contributed by atoms with E-state index < -0.39 is 0 Å². The number of likely N-dealkylation sites (tertiary alicyclic amines) is 1. The van der Waals surface area contributed by atoms with E-state index in [0.29, 0.717) is 5.92 Å². The van der Waals surface area contributed by atoms with Gasteiger partial charge in [0.05, 0.1) is 6.10 Å². The topological polar surface area (TPSA) is 41.3 Å². The van der Waals surface area contributed by atoms with E-state index in [9.17, 15) is 5.11 Å². The lowest BCUT2D eigenvalue weighted by atomic mass is 9.88. The first-order valence-electron chi connectivity index (χ1n) is 9.13. The van der Waals surface area contributed by atoms with Crippen LogP contribution in [0.4, 0.5) is 0 Å². The van der Waals surface area contributed by atoms with Crippen LogP contribution in [0.15, 0.2) is 42.7 Å². The van der Waals surface area contributed by atoms with Gasteiger partial charge in [-0.25, -0.2) is 4.98 Å². The molecule has 3 rings (SSSR count). The molecule has 1 aromatic carbocycles. The summed E-state index contributed by atoms with van der Waals surface area (Å²) in [6.45, 7) is 3.26. The van der Waals surface area contributed by atoms with Gasteiger partial charge in [0.15, 0.2) is 0 Å². The zero-order chi connectivity index (χ0) is 16.8. The van der Waals surface area contributed by atoms with Crippen LogP contribution in [0.3, 0.4) is 0 Å². The first-order chi connectivity index (χ1) is 11.7. The fraction of sp³-hybridized carbons (Fsp3) is 0.550. The average Bonchev–Trinajstić information content (AvgIpc) is 3.04. The van der Waals surface area contributed by atoms with Gasteiger partial charge in [0.25, 0.3) is 0 Å². The van der Waals surface area contributed by atoms with Crippen LogP contribution < -0.4 is 0 Å². The van der Waals surface area contributed by atoms with Crippen LogP contribution in [0.1, 0.15) is 30.7 Å². The molecule has 0 spiro atoms. The largest absolute Gasteiger partial charge is 0.393 e. The van der Waals surface area contributed by atoms with Crippen molar-refractivity contribution in [2.75, 3.05) is 19.6 Å². The molecular formula is C20H29N3O. The molecular weight excluding hydrogens is 298 g/mol. The van der Waals surface area contributed by atoms with Gasteiger partial charge in [0, 0.05) is 32.4 Å². The maximum absolute atomic E-state index is 10.5. The lowest BCUT2D eigenvalue weighted by molar-refractivity contribution is 0.0540. The van der Waals surface area contributed by atoms with Crippen molar-refractivity contribution >= 4 is 0 Å². The third kappa shape index (κ3) is 4.68. The average molecular weight is 327 g/mol. The molecule has 1 fully saturated rings. The normalized spacial score (nSPS) is 17.9. The summed E-state index contributed by atoms with van der Waals surface area (Å²) in [7, 11) is 2.05. The molecule has 130 valence electrons. The highest BCUT2D eigenvalue weighted by Gasteiger charge is 2.24. The van der Waals surface area contributed by atoms with Gasteiger partial charge in [-0.15, -0.1) is 0 Å². The van der Waals surface area contributed by atoms with Crippen molar-refractivity contribution in [3.05, 3.63) is 54.1 Å². The SMILES string of the molecule is Cn1ccnc1CCN1CCC([C@H](O)CCc2ccccc2)CC1. The van der Waals surface area contributed by atoms with Crippen molar-refractivity contribution in [2.24, 2.45) is 13.0 Å². The Morgan fingerprint density at radius 3 is 2.58 bits per heavy atom. The molecule has 1 saturated heterocycles. The van der Waals surface area contributed by atoms with Gasteiger partial charge in [0.2, 0.25) is 0 Å². The molecule has 1 aliphatic rings. The standard InChI is InChI=1S/C20H29N3O/c1-22-16-12-21-20(22)11-15-23-13-9-18(10-14-23)19(24)8-7-17-5-3-2-4-6-17/h2-6,12,16,18-19,24H,7-11,13-15H2,1H3/t19-/m1/s1. The fourth-order valence-electron chi connectivity index (χ4n) is 3.65. The minimum Gasteiger partial charge on any atom is -0.393 e. The van der Waals surface area contributed by atoms with E-state index >= 15 is 0 Å². The van der Waals surface area contributed by atoms with E-state index in [1.54, 1.807) is 0 Å². The molecule has 0 saturated carbocycles. The number of benzene rings is 1. The van der Waals surface area contributed by atoms with E-state index in [2.05, 4.69) is 45.8 Å². The van der Waals surface area contributed by atoms with E-state index in [4.69, 9.17) is 0 Å². The molecule has 4 nitrogen and oxygen atoms in total. The highest BCUT2D eigenvalue weighted by Crippen LogP contribution is 2.23. The number of aliphatic hydroxyl groups is 1. The molecule has 1 aliphatic heterocycles. The Bertz CT molecular complexity index is 602. The Labute approximate surface area is 145 Å². The van der Waals surface area contributed by atoms with Crippen LogP contribution in [-0.4, -0.2) is 45.3 Å². The van der Waals surface area contributed by atoms with Crippen molar-refractivity contribution in [1.82, 2.24) is 14.5 Å². The zero-order valence-corrected chi connectivity index (χ0v) is 14.6. The molecule has 0 bridgehead atoms. The summed E-state index contributed by atoms with van der Waals surface area (Å²) in [6, 6.07) is 10.5. The smallest absolute Gasteiger partial charge is 0.109 e. The Kier molecular flexibility index (Phi) is 6.05. The van der Waals surface area contributed by atoms with Gasteiger partial charge in [0.1, 0.15) is 5.82 Å². The molecule has 1 N–H and O–H groups in total. The van der Waals surface area contributed by atoms with E-state index in [1.807, 2.05) is 18.5 Å². The second kappa shape index (κ2) is 8.45. The minimum atomic E-state index is -0.165. The quantitative estimate of drug-likeness (QED) is 0.850. The van der Waals surface area contributed by atoms with Crippen molar-refractivity contribution < 1.29 is 5.11 Å². The van der Waals surface area contributed by atoms with Gasteiger partial charge in [-0.2, -0.15) is 0 Å². The number of nitrogens with zero attached hydrogens (tertiary/aromatic N) is 3. The van der Waals surface area contributed by atoms with Crippen LogP contribution >= 0.6 is 0 Å². The number of aromatic nitrogens is 2. The summed E-state index contributed by atoms with van der Waals surface area (Å²) in [5, 5.41) is 10.5. The summed E-state index contributed by atoms with van der Waals surface area (Å²) in [6.07, 6.45) is 8.78. The second-order valence-corrected chi connectivity index (χ2v) is 6.98. The van der Waals surface area contributed by atoms with Gasteiger partial charge in [-0.05, 0) is 50.3 Å². The van der Waals surface area contributed by atoms with Crippen molar-refractivity contribution in [3.8, 4) is 0 Å². The molecule has 1 atom stereocenters.